The number of nitrogens with zero attached hydrogens (tertiary/aromatic N) is 2. The molecule has 6 heteroatoms. The first-order valence-electron chi connectivity index (χ1n) is 9.77. The van der Waals surface area contributed by atoms with Crippen LogP contribution < -0.4 is 5.32 Å². The van der Waals surface area contributed by atoms with Gasteiger partial charge in [-0.3, -0.25) is 14.4 Å². The summed E-state index contributed by atoms with van der Waals surface area (Å²) < 4.78 is 0. The minimum absolute atomic E-state index is 0.00623. The summed E-state index contributed by atoms with van der Waals surface area (Å²) in [5.74, 6) is 0.167. The molecule has 2 fully saturated rings. The van der Waals surface area contributed by atoms with Gasteiger partial charge in [0.25, 0.3) is 0 Å². The van der Waals surface area contributed by atoms with E-state index in [1.807, 2.05) is 40.1 Å². The Kier molecular flexibility index (Phi) is 5.82. The van der Waals surface area contributed by atoms with Crippen LogP contribution in [0.4, 0.5) is 0 Å². The fraction of sp³-hybridized carbons (Fsp3) is 0.571. The van der Waals surface area contributed by atoms with Gasteiger partial charge < -0.3 is 15.1 Å². The van der Waals surface area contributed by atoms with Crippen LogP contribution >= 0.6 is 0 Å². The smallest absolute Gasteiger partial charge is 0.222 e. The van der Waals surface area contributed by atoms with E-state index in [0.29, 0.717) is 26.1 Å². The number of amides is 3. The summed E-state index contributed by atoms with van der Waals surface area (Å²) in [4.78, 5) is 40.0. The fourth-order valence-electron chi connectivity index (χ4n) is 4.59. The van der Waals surface area contributed by atoms with Gasteiger partial charge in [0.15, 0.2) is 0 Å². The van der Waals surface area contributed by atoms with Crippen molar-refractivity contribution < 1.29 is 14.4 Å². The standard InChI is InChI=1S/C21H29N3O3/c1-16(25)22-19-14-21(24(15-19)17(2)26)10-12-23(13-11-21)20(27)9-8-18-6-4-3-5-7-18/h3-7,19H,8-15H2,1-2H3,(H,22,25)/t19-/m1/s1. The number of likely N-dealkylation sites (tertiary alicyclic amines) is 2. The molecule has 3 amide bonds. The first kappa shape index (κ1) is 19.4. The zero-order valence-electron chi connectivity index (χ0n) is 16.2. The van der Waals surface area contributed by atoms with Gasteiger partial charge in [0.05, 0.1) is 0 Å². The molecule has 0 unspecified atom stereocenters. The van der Waals surface area contributed by atoms with Gasteiger partial charge >= 0.3 is 0 Å². The third-order valence-electron chi connectivity index (χ3n) is 5.91. The Morgan fingerprint density at radius 2 is 1.78 bits per heavy atom. The van der Waals surface area contributed by atoms with Crippen LogP contribution in [-0.2, 0) is 20.8 Å². The van der Waals surface area contributed by atoms with Gasteiger partial charge in [0.2, 0.25) is 17.7 Å². The highest BCUT2D eigenvalue weighted by atomic mass is 16.2. The molecule has 2 aliphatic heterocycles. The predicted molar refractivity (Wildman–Crippen MR) is 103 cm³/mol. The lowest BCUT2D eigenvalue weighted by molar-refractivity contribution is -0.138. The van der Waals surface area contributed by atoms with Gasteiger partial charge in [-0.2, -0.15) is 0 Å². The molecule has 1 spiro atoms. The molecular formula is C21H29N3O3. The van der Waals surface area contributed by atoms with E-state index in [9.17, 15) is 14.4 Å². The van der Waals surface area contributed by atoms with E-state index in [0.717, 1.165) is 25.7 Å². The lowest BCUT2D eigenvalue weighted by Crippen LogP contribution is -2.54. The molecule has 0 aliphatic carbocycles. The summed E-state index contributed by atoms with van der Waals surface area (Å²) in [6.07, 6.45) is 3.60. The first-order valence-corrected chi connectivity index (χ1v) is 9.77. The van der Waals surface area contributed by atoms with Gasteiger partial charge in [-0.05, 0) is 31.2 Å². The summed E-state index contributed by atoms with van der Waals surface area (Å²) in [6, 6.07) is 10.1. The van der Waals surface area contributed by atoms with E-state index in [1.165, 1.54) is 12.5 Å². The Bertz CT molecular complexity index is 696. The van der Waals surface area contributed by atoms with Crippen molar-refractivity contribution in [1.82, 2.24) is 15.1 Å². The number of piperidine rings is 1. The summed E-state index contributed by atoms with van der Waals surface area (Å²) >= 11 is 0. The molecule has 1 N–H and O–H groups in total. The minimum Gasteiger partial charge on any atom is -0.352 e. The third kappa shape index (κ3) is 4.49. The second-order valence-corrected chi connectivity index (χ2v) is 7.82. The highest BCUT2D eigenvalue weighted by Gasteiger charge is 2.48. The Morgan fingerprint density at radius 1 is 1.11 bits per heavy atom. The second-order valence-electron chi connectivity index (χ2n) is 7.82. The fourth-order valence-corrected chi connectivity index (χ4v) is 4.59. The Labute approximate surface area is 160 Å². The molecule has 146 valence electrons. The van der Waals surface area contributed by atoms with E-state index in [1.54, 1.807) is 6.92 Å². The zero-order valence-corrected chi connectivity index (χ0v) is 16.2. The van der Waals surface area contributed by atoms with Crippen molar-refractivity contribution in [2.75, 3.05) is 19.6 Å². The monoisotopic (exact) mass is 371 g/mol. The average molecular weight is 371 g/mol. The Morgan fingerprint density at radius 3 is 2.37 bits per heavy atom. The number of nitrogens with one attached hydrogen (secondary N) is 1. The second kappa shape index (κ2) is 8.11. The van der Waals surface area contributed by atoms with Crippen LogP contribution in [0, 0.1) is 0 Å². The minimum atomic E-state index is -0.227. The number of hydrogen-bond acceptors (Lipinski definition) is 3. The van der Waals surface area contributed by atoms with Crippen molar-refractivity contribution in [2.45, 2.75) is 57.5 Å². The van der Waals surface area contributed by atoms with Crippen LogP contribution in [0.1, 0.15) is 45.1 Å². The van der Waals surface area contributed by atoms with Crippen molar-refractivity contribution in [1.29, 1.82) is 0 Å². The van der Waals surface area contributed by atoms with Crippen molar-refractivity contribution in [3.05, 3.63) is 35.9 Å². The van der Waals surface area contributed by atoms with Crippen molar-refractivity contribution in [3.63, 3.8) is 0 Å². The molecule has 2 aliphatic rings. The van der Waals surface area contributed by atoms with Gasteiger partial charge in [0, 0.05) is 51.5 Å². The number of carbonyl (C=O) groups excluding carboxylic acids is 3. The van der Waals surface area contributed by atoms with Crippen LogP contribution in [0.15, 0.2) is 30.3 Å². The van der Waals surface area contributed by atoms with Crippen LogP contribution in [0.25, 0.3) is 0 Å². The van der Waals surface area contributed by atoms with Crippen molar-refractivity contribution >= 4 is 17.7 Å². The molecule has 1 atom stereocenters. The molecular weight excluding hydrogens is 342 g/mol. The highest BCUT2D eigenvalue weighted by molar-refractivity contribution is 5.78. The predicted octanol–water partition coefficient (Wildman–Crippen LogP) is 1.74. The van der Waals surface area contributed by atoms with Crippen LogP contribution in [0.2, 0.25) is 0 Å². The molecule has 2 saturated heterocycles. The van der Waals surface area contributed by atoms with E-state index < -0.39 is 0 Å². The van der Waals surface area contributed by atoms with Crippen LogP contribution in [0.3, 0.4) is 0 Å². The maximum atomic E-state index is 12.6. The molecule has 0 aromatic heterocycles. The lowest BCUT2D eigenvalue weighted by atomic mass is 9.84. The summed E-state index contributed by atoms with van der Waals surface area (Å²) in [5.41, 5.74) is 0.950. The number of benzene rings is 1. The number of hydrogen-bond donors (Lipinski definition) is 1. The van der Waals surface area contributed by atoms with E-state index >= 15 is 0 Å². The largest absolute Gasteiger partial charge is 0.352 e. The molecule has 0 saturated carbocycles. The molecule has 2 heterocycles. The highest BCUT2D eigenvalue weighted by Crippen LogP contribution is 2.38. The molecule has 1 aromatic carbocycles. The third-order valence-corrected chi connectivity index (χ3v) is 5.91. The Hall–Kier alpha value is -2.37. The normalized spacial score (nSPS) is 21.3. The molecule has 3 rings (SSSR count). The molecule has 0 bridgehead atoms. The lowest BCUT2D eigenvalue weighted by Gasteiger charge is -2.44. The van der Waals surface area contributed by atoms with Gasteiger partial charge in [-0.25, -0.2) is 0 Å². The topological polar surface area (TPSA) is 69.7 Å². The first-order chi connectivity index (χ1) is 12.9. The zero-order chi connectivity index (χ0) is 19.4. The van der Waals surface area contributed by atoms with Gasteiger partial charge in [-0.15, -0.1) is 0 Å². The van der Waals surface area contributed by atoms with Crippen molar-refractivity contribution in [2.24, 2.45) is 0 Å². The summed E-state index contributed by atoms with van der Waals surface area (Å²) in [5, 5.41) is 2.96. The number of rotatable bonds is 4. The van der Waals surface area contributed by atoms with E-state index in [-0.39, 0.29) is 29.3 Å². The van der Waals surface area contributed by atoms with Gasteiger partial charge in [0.1, 0.15) is 0 Å². The summed E-state index contributed by atoms with van der Waals surface area (Å²) in [6.45, 7) is 5.01. The van der Waals surface area contributed by atoms with Crippen LogP contribution in [0.5, 0.6) is 0 Å². The molecule has 0 radical (unpaired) electrons. The molecule has 27 heavy (non-hydrogen) atoms. The maximum absolute atomic E-state index is 12.6. The molecule has 6 nitrogen and oxygen atoms in total. The SMILES string of the molecule is CC(=O)N[C@H]1CN(C(C)=O)C2(CCN(C(=O)CCc3ccccc3)CC2)C1. The molecule has 1 aromatic rings. The van der Waals surface area contributed by atoms with Crippen molar-refractivity contribution in [3.8, 4) is 0 Å². The number of carbonyl (C=O) groups is 3. The van der Waals surface area contributed by atoms with Crippen LogP contribution in [-0.4, -0.2) is 58.7 Å². The van der Waals surface area contributed by atoms with E-state index in [2.05, 4.69) is 5.32 Å². The van der Waals surface area contributed by atoms with Gasteiger partial charge in [-0.1, -0.05) is 30.3 Å². The quantitative estimate of drug-likeness (QED) is 0.876. The Balaban J connectivity index is 1.57. The maximum Gasteiger partial charge on any atom is 0.222 e. The van der Waals surface area contributed by atoms with E-state index in [4.69, 9.17) is 0 Å². The number of aryl methyl sites for hydroxylation is 1. The average Bonchev–Trinajstić information content (AvgIpc) is 2.98. The summed E-state index contributed by atoms with van der Waals surface area (Å²) in [7, 11) is 0.